The lowest BCUT2D eigenvalue weighted by atomic mass is 9.70. The van der Waals surface area contributed by atoms with Gasteiger partial charge in [-0.3, -0.25) is 4.79 Å². The van der Waals surface area contributed by atoms with Gasteiger partial charge in [0.05, 0.1) is 0 Å². The van der Waals surface area contributed by atoms with E-state index in [0.717, 1.165) is 25.7 Å². The third-order valence-corrected chi connectivity index (χ3v) is 5.55. The summed E-state index contributed by atoms with van der Waals surface area (Å²) in [5.74, 6) is 1.91. The first-order valence-corrected chi connectivity index (χ1v) is 8.40. The molecule has 1 saturated carbocycles. The van der Waals surface area contributed by atoms with Gasteiger partial charge in [-0.05, 0) is 49.1 Å². The highest BCUT2D eigenvalue weighted by Crippen LogP contribution is 2.37. The molecule has 1 fully saturated rings. The topological polar surface area (TPSA) is 17.1 Å². The first kappa shape index (κ1) is 13.9. The molecule has 0 aliphatic heterocycles. The maximum absolute atomic E-state index is 12.9. The summed E-state index contributed by atoms with van der Waals surface area (Å²) in [4.78, 5) is 12.9. The lowest BCUT2D eigenvalue weighted by molar-refractivity contribution is -0.130. The zero-order valence-electron chi connectivity index (χ0n) is 12.6. The number of ketones is 1. The maximum Gasteiger partial charge on any atom is 0.139 e. The molecule has 20 heavy (non-hydrogen) atoms. The van der Waals surface area contributed by atoms with Gasteiger partial charge in [0.25, 0.3) is 0 Å². The number of carbonyl (C=O) groups is 1. The highest BCUT2D eigenvalue weighted by molar-refractivity contribution is 5.84. The van der Waals surface area contributed by atoms with Crippen molar-refractivity contribution in [3.63, 3.8) is 0 Å². The van der Waals surface area contributed by atoms with Crippen molar-refractivity contribution in [3.05, 3.63) is 35.4 Å². The van der Waals surface area contributed by atoms with Gasteiger partial charge in [0.2, 0.25) is 0 Å². The molecular formula is C19H26O. The van der Waals surface area contributed by atoms with E-state index in [-0.39, 0.29) is 0 Å². The molecule has 1 aromatic carbocycles. The Kier molecular flexibility index (Phi) is 4.24. The van der Waals surface area contributed by atoms with Gasteiger partial charge in [-0.15, -0.1) is 0 Å². The Morgan fingerprint density at radius 1 is 1.10 bits per heavy atom. The SMILES string of the molecule is CCC1CCCCC1C(=O)C1CCc2ccccc2C1. The Balaban J connectivity index is 1.72. The van der Waals surface area contributed by atoms with Gasteiger partial charge >= 0.3 is 0 Å². The van der Waals surface area contributed by atoms with E-state index in [1.807, 2.05) is 0 Å². The van der Waals surface area contributed by atoms with Crippen LogP contribution in [0.1, 0.15) is 56.6 Å². The quantitative estimate of drug-likeness (QED) is 0.786. The van der Waals surface area contributed by atoms with Gasteiger partial charge < -0.3 is 0 Å². The minimum absolute atomic E-state index is 0.294. The van der Waals surface area contributed by atoms with E-state index in [1.165, 1.54) is 36.8 Å². The fourth-order valence-electron chi connectivity index (χ4n) is 4.31. The number of fused-ring (bicyclic) bond motifs is 1. The van der Waals surface area contributed by atoms with Crippen molar-refractivity contribution in [1.82, 2.24) is 0 Å². The van der Waals surface area contributed by atoms with Crippen molar-refractivity contribution in [2.24, 2.45) is 17.8 Å². The number of Topliss-reactive ketones (excluding diaryl/α,β-unsaturated/α-hetero) is 1. The summed E-state index contributed by atoms with van der Waals surface area (Å²) in [6.07, 6.45) is 9.35. The first-order chi connectivity index (χ1) is 9.79. The number of aryl methyl sites for hydroxylation is 1. The third-order valence-electron chi connectivity index (χ3n) is 5.55. The molecule has 2 aliphatic carbocycles. The second-order valence-corrected chi connectivity index (χ2v) is 6.67. The van der Waals surface area contributed by atoms with Gasteiger partial charge in [-0.2, -0.15) is 0 Å². The molecule has 0 heterocycles. The molecule has 0 saturated heterocycles. The Morgan fingerprint density at radius 2 is 1.85 bits per heavy atom. The number of rotatable bonds is 3. The molecule has 0 aromatic heterocycles. The normalized spacial score (nSPS) is 29.8. The van der Waals surface area contributed by atoms with Crippen molar-refractivity contribution < 1.29 is 4.79 Å². The zero-order chi connectivity index (χ0) is 13.9. The minimum Gasteiger partial charge on any atom is -0.299 e. The molecule has 0 radical (unpaired) electrons. The number of hydrogen-bond donors (Lipinski definition) is 0. The van der Waals surface area contributed by atoms with E-state index in [0.29, 0.717) is 23.5 Å². The number of carbonyl (C=O) groups excluding carboxylic acids is 1. The van der Waals surface area contributed by atoms with Gasteiger partial charge in [-0.25, -0.2) is 0 Å². The van der Waals surface area contributed by atoms with Crippen LogP contribution in [0.5, 0.6) is 0 Å². The minimum atomic E-state index is 0.294. The van der Waals surface area contributed by atoms with Crippen molar-refractivity contribution >= 4 is 5.78 Å². The molecule has 0 N–H and O–H groups in total. The molecule has 1 heteroatoms. The molecule has 3 unspecified atom stereocenters. The molecule has 1 nitrogen and oxygen atoms in total. The lowest BCUT2D eigenvalue weighted by Gasteiger charge is -2.34. The fraction of sp³-hybridized carbons (Fsp3) is 0.632. The Bertz CT molecular complexity index is 476. The van der Waals surface area contributed by atoms with E-state index in [2.05, 4.69) is 31.2 Å². The first-order valence-electron chi connectivity index (χ1n) is 8.40. The third kappa shape index (κ3) is 2.68. The van der Waals surface area contributed by atoms with Crippen LogP contribution in [0, 0.1) is 17.8 Å². The van der Waals surface area contributed by atoms with E-state index in [4.69, 9.17) is 0 Å². The Morgan fingerprint density at radius 3 is 2.65 bits per heavy atom. The highest BCUT2D eigenvalue weighted by Gasteiger charge is 2.35. The maximum atomic E-state index is 12.9. The van der Waals surface area contributed by atoms with Gasteiger partial charge in [-0.1, -0.05) is 50.5 Å². The smallest absolute Gasteiger partial charge is 0.139 e. The predicted molar refractivity (Wildman–Crippen MR) is 82.7 cm³/mol. The predicted octanol–water partition coefficient (Wildman–Crippen LogP) is 4.58. The number of hydrogen-bond acceptors (Lipinski definition) is 1. The summed E-state index contributed by atoms with van der Waals surface area (Å²) in [5.41, 5.74) is 2.88. The van der Waals surface area contributed by atoms with Gasteiger partial charge in [0.15, 0.2) is 0 Å². The van der Waals surface area contributed by atoms with E-state index in [9.17, 15) is 4.79 Å². The zero-order valence-corrected chi connectivity index (χ0v) is 12.6. The van der Waals surface area contributed by atoms with E-state index >= 15 is 0 Å². The molecule has 2 aliphatic rings. The van der Waals surface area contributed by atoms with Crippen LogP contribution >= 0.6 is 0 Å². The van der Waals surface area contributed by atoms with Crippen molar-refractivity contribution in [2.45, 2.75) is 58.3 Å². The summed E-state index contributed by atoms with van der Waals surface area (Å²) in [5, 5.41) is 0. The summed E-state index contributed by atoms with van der Waals surface area (Å²) >= 11 is 0. The van der Waals surface area contributed by atoms with Crippen LogP contribution in [0.15, 0.2) is 24.3 Å². The van der Waals surface area contributed by atoms with Crippen molar-refractivity contribution in [3.8, 4) is 0 Å². The summed E-state index contributed by atoms with van der Waals surface area (Å²) in [6.45, 7) is 2.26. The average molecular weight is 270 g/mol. The van der Waals surface area contributed by atoms with Crippen LogP contribution in [-0.2, 0) is 17.6 Å². The van der Waals surface area contributed by atoms with Crippen LogP contribution in [0.3, 0.4) is 0 Å². The molecule has 3 rings (SSSR count). The molecule has 0 bridgehead atoms. The largest absolute Gasteiger partial charge is 0.299 e. The van der Waals surface area contributed by atoms with Crippen molar-refractivity contribution in [2.75, 3.05) is 0 Å². The van der Waals surface area contributed by atoms with Crippen LogP contribution in [-0.4, -0.2) is 5.78 Å². The Hall–Kier alpha value is -1.11. The van der Waals surface area contributed by atoms with Crippen LogP contribution in [0.2, 0.25) is 0 Å². The molecular weight excluding hydrogens is 244 g/mol. The monoisotopic (exact) mass is 270 g/mol. The molecule has 0 amide bonds. The van der Waals surface area contributed by atoms with Crippen molar-refractivity contribution in [1.29, 1.82) is 0 Å². The lowest BCUT2D eigenvalue weighted by Crippen LogP contribution is -2.34. The second-order valence-electron chi connectivity index (χ2n) is 6.67. The Labute approximate surface area is 122 Å². The second kappa shape index (κ2) is 6.11. The number of benzene rings is 1. The van der Waals surface area contributed by atoms with E-state index < -0.39 is 0 Å². The van der Waals surface area contributed by atoms with Gasteiger partial charge in [0, 0.05) is 11.8 Å². The molecule has 1 aromatic rings. The highest BCUT2D eigenvalue weighted by atomic mass is 16.1. The van der Waals surface area contributed by atoms with Crippen LogP contribution in [0.4, 0.5) is 0 Å². The van der Waals surface area contributed by atoms with Gasteiger partial charge in [0.1, 0.15) is 5.78 Å². The summed E-state index contributed by atoms with van der Waals surface area (Å²) in [7, 11) is 0. The summed E-state index contributed by atoms with van der Waals surface area (Å²) in [6, 6.07) is 8.68. The summed E-state index contributed by atoms with van der Waals surface area (Å²) < 4.78 is 0. The van der Waals surface area contributed by atoms with Crippen LogP contribution in [0.25, 0.3) is 0 Å². The molecule has 0 spiro atoms. The molecule has 3 atom stereocenters. The van der Waals surface area contributed by atoms with Crippen LogP contribution < -0.4 is 0 Å². The molecule has 108 valence electrons. The average Bonchev–Trinajstić information content (AvgIpc) is 2.53. The standard InChI is InChI=1S/C19H26O/c1-2-14-7-5-6-10-18(14)19(20)17-12-11-15-8-3-4-9-16(15)13-17/h3-4,8-9,14,17-18H,2,5-7,10-13H2,1H3. The van der Waals surface area contributed by atoms with E-state index in [1.54, 1.807) is 0 Å². The fourth-order valence-corrected chi connectivity index (χ4v) is 4.31.